The van der Waals surface area contributed by atoms with Gasteiger partial charge in [-0.2, -0.15) is 0 Å². The van der Waals surface area contributed by atoms with Crippen molar-refractivity contribution in [2.75, 3.05) is 4.31 Å². The Morgan fingerprint density at radius 1 is 1.26 bits per heavy atom. The number of hydrogen-bond donors (Lipinski definition) is 1. The molecule has 0 spiro atoms. The normalized spacial score (nSPS) is 17.5. The van der Waals surface area contributed by atoms with Crippen molar-refractivity contribution >= 4 is 33.2 Å². The maximum Gasteiger partial charge on any atom is 0.264 e. The number of nitrogens with one attached hydrogen (secondary N) is 1. The number of nitrogens with zero attached hydrogens (tertiary/aromatic N) is 1. The summed E-state index contributed by atoms with van der Waals surface area (Å²) in [7, 11) is -3.70. The molecule has 7 heteroatoms. The number of anilines is 1. The topological polar surface area (TPSA) is 66.5 Å². The second kappa shape index (κ2) is 7.52. The average Bonchev–Trinajstić information content (AvgIpc) is 2.97. The molecule has 0 saturated carbocycles. The fourth-order valence-electron chi connectivity index (χ4n) is 3.24. The minimum atomic E-state index is -3.70. The van der Waals surface area contributed by atoms with Crippen LogP contribution in [-0.4, -0.2) is 26.4 Å². The molecule has 1 heterocycles. The number of fused-ring (bicyclic) bond motifs is 1. The molecule has 2 aromatic carbocycles. The van der Waals surface area contributed by atoms with Gasteiger partial charge in [-0.05, 0) is 74.7 Å². The van der Waals surface area contributed by atoms with Crippen LogP contribution < -0.4 is 9.62 Å². The molecule has 3 rings (SSSR count). The summed E-state index contributed by atoms with van der Waals surface area (Å²) >= 11 is 5.88. The maximum absolute atomic E-state index is 13.1. The van der Waals surface area contributed by atoms with Crippen LogP contribution in [-0.2, 0) is 16.4 Å². The first-order chi connectivity index (χ1) is 12.7. The number of amides is 1. The number of hydrogen-bond acceptors (Lipinski definition) is 3. The van der Waals surface area contributed by atoms with E-state index >= 15 is 0 Å². The molecule has 27 heavy (non-hydrogen) atoms. The Bertz CT molecular complexity index is 958. The SMILES string of the molecule is CC[C@H](C)NC(=O)c1ccc2c(c1)C[C@H](C)N2S(=O)(=O)c1ccc(Cl)cc1. The van der Waals surface area contributed by atoms with Crippen molar-refractivity contribution in [3.63, 3.8) is 0 Å². The summed E-state index contributed by atoms with van der Waals surface area (Å²) in [6.07, 6.45) is 1.41. The molecule has 1 aliphatic rings. The molecular weight excluding hydrogens is 384 g/mol. The fourth-order valence-corrected chi connectivity index (χ4v) is 5.06. The lowest BCUT2D eigenvalue weighted by atomic mass is 10.1. The first-order valence-corrected chi connectivity index (χ1v) is 10.8. The van der Waals surface area contributed by atoms with Gasteiger partial charge in [-0.1, -0.05) is 18.5 Å². The Balaban J connectivity index is 1.94. The van der Waals surface area contributed by atoms with Crippen LogP contribution in [0.2, 0.25) is 5.02 Å². The van der Waals surface area contributed by atoms with Gasteiger partial charge in [0.05, 0.1) is 10.6 Å². The largest absolute Gasteiger partial charge is 0.350 e. The van der Waals surface area contributed by atoms with Gasteiger partial charge >= 0.3 is 0 Å². The Hall–Kier alpha value is -2.05. The minimum Gasteiger partial charge on any atom is -0.350 e. The summed E-state index contributed by atoms with van der Waals surface area (Å²) in [5, 5.41) is 3.42. The van der Waals surface area contributed by atoms with Gasteiger partial charge in [0.2, 0.25) is 0 Å². The van der Waals surface area contributed by atoms with Crippen LogP contribution >= 0.6 is 11.6 Å². The van der Waals surface area contributed by atoms with Crippen LogP contribution in [0.5, 0.6) is 0 Å². The molecule has 1 aliphatic heterocycles. The smallest absolute Gasteiger partial charge is 0.264 e. The number of sulfonamides is 1. The van der Waals surface area contributed by atoms with E-state index in [4.69, 9.17) is 11.6 Å². The van der Waals surface area contributed by atoms with Crippen LogP contribution in [0, 0.1) is 0 Å². The summed E-state index contributed by atoms with van der Waals surface area (Å²) < 4.78 is 27.7. The molecule has 144 valence electrons. The van der Waals surface area contributed by atoms with Gasteiger partial charge in [0.1, 0.15) is 0 Å². The third-order valence-electron chi connectivity index (χ3n) is 4.86. The van der Waals surface area contributed by atoms with Crippen LogP contribution in [0.3, 0.4) is 0 Å². The highest BCUT2D eigenvalue weighted by Crippen LogP contribution is 2.37. The van der Waals surface area contributed by atoms with E-state index in [-0.39, 0.29) is 22.9 Å². The third kappa shape index (κ3) is 3.82. The van der Waals surface area contributed by atoms with Gasteiger partial charge < -0.3 is 5.32 Å². The zero-order valence-electron chi connectivity index (χ0n) is 15.6. The Kier molecular flexibility index (Phi) is 5.49. The zero-order valence-corrected chi connectivity index (χ0v) is 17.1. The number of halogens is 1. The molecule has 2 atom stereocenters. The van der Waals surface area contributed by atoms with E-state index in [1.165, 1.54) is 16.4 Å². The van der Waals surface area contributed by atoms with Crippen molar-refractivity contribution in [3.8, 4) is 0 Å². The van der Waals surface area contributed by atoms with Gasteiger partial charge in [-0.3, -0.25) is 9.10 Å². The zero-order chi connectivity index (χ0) is 19.8. The lowest BCUT2D eigenvalue weighted by Gasteiger charge is -2.24. The molecule has 0 radical (unpaired) electrons. The summed E-state index contributed by atoms with van der Waals surface area (Å²) in [5.74, 6) is -0.140. The Morgan fingerprint density at radius 2 is 1.93 bits per heavy atom. The van der Waals surface area contributed by atoms with E-state index in [0.29, 0.717) is 22.7 Å². The first-order valence-electron chi connectivity index (χ1n) is 8.97. The summed E-state index contributed by atoms with van der Waals surface area (Å²) in [6, 6.07) is 11.2. The molecule has 0 fully saturated rings. The van der Waals surface area contributed by atoms with Crippen LogP contribution in [0.15, 0.2) is 47.4 Å². The monoisotopic (exact) mass is 406 g/mol. The van der Waals surface area contributed by atoms with Crippen molar-refractivity contribution < 1.29 is 13.2 Å². The maximum atomic E-state index is 13.1. The van der Waals surface area contributed by atoms with Gasteiger partial charge in [0.15, 0.2) is 0 Å². The third-order valence-corrected chi connectivity index (χ3v) is 7.05. The van der Waals surface area contributed by atoms with Crippen molar-refractivity contribution in [1.29, 1.82) is 0 Å². The van der Waals surface area contributed by atoms with E-state index in [0.717, 1.165) is 12.0 Å². The lowest BCUT2D eigenvalue weighted by molar-refractivity contribution is 0.0939. The highest BCUT2D eigenvalue weighted by atomic mass is 35.5. The predicted octanol–water partition coefficient (Wildman–Crippen LogP) is 4.01. The molecular formula is C20H23ClN2O3S. The van der Waals surface area contributed by atoms with Gasteiger partial charge in [-0.15, -0.1) is 0 Å². The Morgan fingerprint density at radius 3 is 2.56 bits per heavy atom. The summed E-state index contributed by atoms with van der Waals surface area (Å²) in [4.78, 5) is 12.6. The van der Waals surface area contributed by atoms with Gasteiger partial charge in [-0.25, -0.2) is 8.42 Å². The fraction of sp³-hybridized carbons (Fsp3) is 0.350. The molecule has 0 bridgehead atoms. The van der Waals surface area contributed by atoms with E-state index in [1.54, 1.807) is 30.3 Å². The second-order valence-electron chi connectivity index (χ2n) is 6.93. The molecule has 0 unspecified atom stereocenters. The molecule has 0 aromatic heterocycles. The highest BCUT2D eigenvalue weighted by Gasteiger charge is 2.36. The van der Waals surface area contributed by atoms with Gasteiger partial charge in [0.25, 0.3) is 15.9 Å². The molecule has 1 N–H and O–H groups in total. The quantitative estimate of drug-likeness (QED) is 0.815. The number of rotatable bonds is 5. The molecule has 0 saturated heterocycles. The summed E-state index contributed by atoms with van der Waals surface area (Å²) in [5.41, 5.74) is 2.03. The van der Waals surface area contributed by atoms with Crippen molar-refractivity contribution in [3.05, 3.63) is 58.6 Å². The van der Waals surface area contributed by atoms with E-state index < -0.39 is 10.0 Å². The molecule has 0 aliphatic carbocycles. The van der Waals surface area contributed by atoms with Gasteiger partial charge in [0, 0.05) is 22.7 Å². The lowest BCUT2D eigenvalue weighted by Crippen LogP contribution is -2.35. The van der Waals surface area contributed by atoms with Crippen LogP contribution in [0.1, 0.15) is 43.1 Å². The number of benzene rings is 2. The van der Waals surface area contributed by atoms with Crippen LogP contribution in [0.4, 0.5) is 5.69 Å². The predicted molar refractivity (Wildman–Crippen MR) is 108 cm³/mol. The van der Waals surface area contributed by atoms with E-state index in [2.05, 4.69) is 5.32 Å². The van der Waals surface area contributed by atoms with E-state index in [1.807, 2.05) is 20.8 Å². The second-order valence-corrected chi connectivity index (χ2v) is 9.19. The molecule has 1 amide bonds. The summed E-state index contributed by atoms with van der Waals surface area (Å²) in [6.45, 7) is 5.83. The molecule has 5 nitrogen and oxygen atoms in total. The minimum absolute atomic E-state index is 0.0893. The Labute approximate surface area is 165 Å². The standard InChI is InChI=1S/C20H23ClN2O3S/c1-4-13(2)22-20(24)15-5-10-19-16(12-15)11-14(3)23(19)27(25,26)18-8-6-17(21)7-9-18/h5-10,12-14H,4,11H2,1-3H3,(H,22,24)/t13-,14-/m0/s1. The van der Waals surface area contributed by atoms with Crippen molar-refractivity contribution in [2.45, 2.75) is 50.6 Å². The number of carbonyl (C=O) groups is 1. The van der Waals surface area contributed by atoms with Crippen LogP contribution in [0.25, 0.3) is 0 Å². The first kappa shape index (κ1) is 19.7. The van der Waals surface area contributed by atoms with Crippen molar-refractivity contribution in [1.82, 2.24) is 5.32 Å². The number of carbonyl (C=O) groups excluding carboxylic acids is 1. The van der Waals surface area contributed by atoms with E-state index in [9.17, 15) is 13.2 Å². The van der Waals surface area contributed by atoms with Crippen molar-refractivity contribution in [2.24, 2.45) is 0 Å². The average molecular weight is 407 g/mol. The highest BCUT2D eigenvalue weighted by molar-refractivity contribution is 7.92. The molecule has 2 aromatic rings.